The molecular weight excluding hydrogens is 352 g/mol. The van der Waals surface area contributed by atoms with Crippen LogP contribution in [0.5, 0.6) is 0 Å². The molecule has 0 aromatic heterocycles. The van der Waals surface area contributed by atoms with Crippen LogP contribution in [0.15, 0.2) is 53.6 Å². The Morgan fingerprint density at radius 3 is 2.33 bits per heavy atom. The normalized spacial score (nSPS) is 11.9. The fourth-order valence-corrected chi connectivity index (χ4v) is 2.41. The van der Waals surface area contributed by atoms with E-state index >= 15 is 0 Å². The van der Waals surface area contributed by atoms with Gasteiger partial charge in [0.15, 0.2) is 0 Å². The van der Waals surface area contributed by atoms with Crippen LogP contribution in [0, 0.1) is 20.2 Å². The summed E-state index contributed by atoms with van der Waals surface area (Å²) < 4.78 is 0. The van der Waals surface area contributed by atoms with Gasteiger partial charge in [0, 0.05) is 6.07 Å². The lowest BCUT2D eigenvalue weighted by atomic mass is 9.96. The van der Waals surface area contributed by atoms with Gasteiger partial charge in [-0.2, -0.15) is 5.10 Å². The average molecular weight is 372 g/mol. The molecule has 2 rings (SSSR count). The van der Waals surface area contributed by atoms with E-state index < -0.39 is 21.1 Å². The largest absolute Gasteiger partial charge is 0.384 e. The van der Waals surface area contributed by atoms with Gasteiger partial charge in [-0.3, -0.25) is 25.7 Å². The van der Waals surface area contributed by atoms with Gasteiger partial charge in [-0.15, -0.1) is 0 Å². The molecule has 0 aliphatic rings. The van der Waals surface area contributed by atoms with Crippen molar-refractivity contribution in [1.82, 2.24) is 0 Å². The number of hydrazone groups is 1. The van der Waals surface area contributed by atoms with E-state index in [0.717, 1.165) is 17.7 Å². The van der Waals surface area contributed by atoms with Gasteiger partial charge < -0.3 is 5.11 Å². The van der Waals surface area contributed by atoms with Crippen LogP contribution < -0.4 is 5.43 Å². The second-order valence-corrected chi connectivity index (χ2v) is 6.43. The maximum Gasteiger partial charge on any atom is 0.301 e. The minimum Gasteiger partial charge on any atom is -0.384 e. The highest BCUT2D eigenvalue weighted by molar-refractivity contribution is 5.92. The maximum atomic E-state index is 11.2. The van der Waals surface area contributed by atoms with Crippen LogP contribution in [0.25, 0.3) is 0 Å². The van der Waals surface area contributed by atoms with Crippen LogP contribution >= 0.6 is 0 Å². The third-order valence-electron chi connectivity index (χ3n) is 3.90. The number of nitro benzene ring substituents is 2. The highest BCUT2D eigenvalue weighted by Crippen LogP contribution is 2.29. The van der Waals surface area contributed by atoms with Crippen LogP contribution in [0.2, 0.25) is 0 Å². The molecule has 27 heavy (non-hydrogen) atoms. The average Bonchev–Trinajstić information content (AvgIpc) is 2.61. The quantitative estimate of drug-likeness (QED) is 0.413. The highest BCUT2D eigenvalue weighted by Gasteiger charge is 2.23. The third kappa shape index (κ3) is 5.58. The van der Waals surface area contributed by atoms with E-state index in [1.54, 1.807) is 13.8 Å². The molecule has 0 saturated carbocycles. The zero-order chi connectivity index (χ0) is 20.0. The van der Waals surface area contributed by atoms with Gasteiger partial charge in [-0.05, 0) is 38.3 Å². The molecule has 0 bridgehead atoms. The van der Waals surface area contributed by atoms with Gasteiger partial charge in [0.1, 0.15) is 5.69 Å². The molecule has 142 valence electrons. The highest BCUT2D eigenvalue weighted by atomic mass is 16.6. The Morgan fingerprint density at radius 2 is 1.78 bits per heavy atom. The number of rotatable bonds is 8. The Labute approximate surface area is 155 Å². The number of aliphatic hydroxyl groups is 1. The van der Waals surface area contributed by atoms with Crippen LogP contribution in [-0.2, 0) is 6.42 Å². The number of nitrogens with one attached hydrogen (secondary N) is 1. The lowest BCUT2D eigenvalue weighted by Crippen LogP contribution is -2.32. The number of aryl methyl sites for hydroxylation is 1. The van der Waals surface area contributed by atoms with E-state index in [1.165, 1.54) is 6.07 Å². The first-order valence-corrected chi connectivity index (χ1v) is 8.20. The van der Waals surface area contributed by atoms with E-state index in [2.05, 4.69) is 10.5 Å². The summed E-state index contributed by atoms with van der Waals surface area (Å²) in [5, 5.41) is 36.5. The van der Waals surface area contributed by atoms with Crippen LogP contribution in [-0.4, -0.2) is 26.3 Å². The van der Waals surface area contributed by atoms with E-state index in [4.69, 9.17) is 0 Å². The van der Waals surface area contributed by atoms with Crippen molar-refractivity contribution >= 4 is 22.8 Å². The molecule has 0 aliphatic carbocycles. The fourth-order valence-electron chi connectivity index (χ4n) is 2.41. The summed E-state index contributed by atoms with van der Waals surface area (Å²) in [5.41, 5.74) is 1.95. The Morgan fingerprint density at radius 1 is 1.11 bits per heavy atom. The molecule has 0 aliphatic heterocycles. The Balaban J connectivity index is 2.25. The molecule has 0 fully saturated rings. The van der Waals surface area contributed by atoms with Crippen LogP contribution in [0.3, 0.4) is 0 Å². The Hall–Kier alpha value is -3.33. The van der Waals surface area contributed by atoms with Crippen molar-refractivity contribution in [2.75, 3.05) is 5.43 Å². The number of anilines is 1. The number of nitrogens with zero attached hydrogens (tertiary/aromatic N) is 3. The lowest BCUT2D eigenvalue weighted by molar-refractivity contribution is -0.393. The zero-order valence-corrected chi connectivity index (χ0v) is 15.0. The van der Waals surface area contributed by atoms with E-state index in [9.17, 15) is 25.3 Å². The van der Waals surface area contributed by atoms with Gasteiger partial charge in [0.05, 0.1) is 27.2 Å². The van der Waals surface area contributed by atoms with Crippen molar-refractivity contribution < 1.29 is 15.0 Å². The minimum absolute atomic E-state index is 0.00654. The summed E-state index contributed by atoms with van der Waals surface area (Å²) in [5.74, 6) is 0. The predicted molar refractivity (Wildman–Crippen MR) is 102 cm³/mol. The fraction of sp³-hybridized carbons (Fsp3) is 0.278. The monoisotopic (exact) mass is 372 g/mol. The molecule has 0 atom stereocenters. The first-order valence-electron chi connectivity index (χ1n) is 8.20. The minimum atomic E-state index is -1.24. The molecule has 9 heteroatoms. The molecule has 0 heterocycles. The molecule has 2 aromatic rings. The number of benzene rings is 2. The van der Waals surface area contributed by atoms with Crippen LogP contribution in [0.4, 0.5) is 17.1 Å². The van der Waals surface area contributed by atoms with E-state index in [1.807, 2.05) is 30.3 Å². The zero-order valence-electron chi connectivity index (χ0n) is 15.0. The summed E-state index contributed by atoms with van der Waals surface area (Å²) in [6.45, 7) is 3.14. The van der Waals surface area contributed by atoms with E-state index in [-0.39, 0.29) is 11.4 Å². The molecule has 9 nitrogen and oxygen atoms in total. The number of hydrogen-bond acceptors (Lipinski definition) is 7. The SMILES string of the molecule is CC(C)(O)C(CCc1ccccc1)=NNc1ccc([N+](=O)[O-])cc1[N+](=O)[O-]. The second kappa shape index (κ2) is 8.37. The summed E-state index contributed by atoms with van der Waals surface area (Å²) >= 11 is 0. The second-order valence-electron chi connectivity index (χ2n) is 6.43. The first-order chi connectivity index (χ1) is 12.7. The summed E-state index contributed by atoms with van der Waals surface area (Å²) in [6.07, 6.45) is 1.06. The summed E-state index contributed by atoms with van der Waals surface area (Å²) in [7, 11) is 0. The molecule has 2 N–H and O–H groups in total. The Bertz CT molecular complexity index is 860. The van der Waals surface area contributed by atoms with Crippen molar-refractivity contribution in [3.63, 3.8) is 0 Å². The maximum absolute atomic E-state index is 11.2. The van der Waals surface area contributed by atoms with Gasteiger partial charge in [-0.1, -0.05) is 30.3 Å². The van der Waals surface area contributed by atoms with Crippen molar-refractivity contribution in [3.05, 3.63) is 74.3 Å². The number of nitro groups is 2. The third-order valence-corrected chi connectivity index (χ3v) is 3.90. The summed E-state index contributed by atoms with van der Waals surface area (Å²) in [6, 6.07) is 12.9. The standard InChI is InChI=1S/C18H20N4O5/c1-18(2,23)17(11-8-13-6-4-3-5-7-13)20-19-15-10-9-14(21(24)25)12-16(15)22(26)27/h3-7,9-10,12,19,23H,8,11H2,1-2H3. The predicted octanol–water partition coefficient (Wildman–Crippen LogP) is 3.67. The molecule has 2 aromatic carbocycles. The molecular formula is C18H20N4O5. The van der Waals surface area contributed by atoms with Crippen molar-refractivity contribution in [2.24, 2.45) is 5.10 Å². The topological polar surface area (TPSA) is 131 Å². The molecule has 0 saturated heterocycles. The first kappa shape index (κ1) is 20.0. The van der Waals surface area contributed by atoms with Gasteiger partial charge in [-0.25, -0.2) is 0 Å². The molecule has 0 amide bonds. The van der Waals surface area contributed by atoms with E-state index in [0.29, 0.717) is 18.6 Å². The molecule has 0 unspecified atom stereocenters. The number of non-ortho nitro benzene ring substituents is 1. The van der Waals surface area contributed by atoms with Gasteiger partial charge in [0.2, 0.25) is 0 Å². The van der Waals surface area contributed by atoms with Crippen molar-refractivity contribution in [1.29, 1.82) is 0 Å². The lowest BCUT2D eigenvalue weighted by Gasteiger charge is -2.20. The van der Waals surface area contributed by atoms with Crippen LogP contribution in [0.1, 0.15) is 25.8 Å². The van der Waals surface area contributed by atoms with Gasteiger partial charge >= 0.3 is 5.69 Å². The van der Waals surface area contributed by atoms with Crippen molar-refractivity contribution in [3.8, 4) is 0 Å². The molecule has 0 spiro atoms. The Kier molecular flexibility index (Phi) is 6.19. The number of hydrogen-bond donors (Lipinski definition) is 2. The van der Waals surface area contributed by atoms with Gasteiger partial charge in [0.25, 0.3) is 5.69 Å². The van der Waals surface area contributed by atoms with Crippen molar-refractivity contribution in [2.45, 2.75) is 32.3 Å². The molecule has 0 radical (unpaired) electrons. The smallest absolute Gasteiger partial charge is 0.301 e. The summed E-state index contributed by atoms with van der Waals surface area (Å²) in [4.78, 5) is 20.6.